The Morgan fingerprint density at radius 1 is 1.06 bits per heavy atom. The van der Waals surface area contributed by atoms with Crippen molar-refractivity contribution in [1.29, 1.82) is 0 Å². The lowest BCUT2D eigenvalue weighted by Gasteiger charge is -2.33. The minimum Gasteiger partial charge on any atom is -0.408 e. The third-order valence-corrected chi connectivity index (χ3v) is 5.81. The van der Waals surface area contributed by atoms with E-state index in [4.69, 9.17) is 4.42 Å². The summed E-state index contributed by atoms with van der Waals surface area (Å²) >= 11 is 0. The Labute approximate surface area is 181 Å². The molecule has 1 aliphatic heterocycles. The smallest absolute Gasteiger partial charge is 0.318 e. The number of carbonyl (C=O) groups is 1. The topological polar surface area (TPSA) is 67.4 Å². The molecule has 1 saturated heterocycles. The minimum absolute atomic E-state index is 0.0894. The van der Waals surface area contributed by atoms with E-state index in [9.17, 15) is 9.18 Å². The lowest BCUT2D eigenvalue weighted by Crippen LogP contribution is -2.49. The molecule has 0 spiro atoms. The van der Waals surface area contributed by atoms with Crippen LogP contribution < -0.4 is 4.90 Å². The molecule has 1 aliphatic rings. The Kier molecular flexibility index (Phi) is 6.06. The molecule has 1 aromatic carbocycles. The maximum atomic E-state index is 13.6. The van der Waals surface area contributed by atoms with E-state index in [1.54, 1.807) is 13.0 Å². The highest BCUT2D eigenvalue weighted by molar-refractivity contribution is 5.77. The number of halogens is 1. The van der Waals surface area contributed by atoms with Crippen molar-refractivity contribution in [3.8, 4) is 11.1 Å². The van der Waals surface area contributed by atoms with Gasteiger partial charge in [0.05, 0.1) is 0 Å². The number of amides is 1. The molecule has 0 radical (unpaired) electrons. The van der Waals surface area contributed by atoms with Crippen LogP contribution >= 0.6 is 0 Å². The first kappa shape index (κ1) is 21.1. The van der Waals surface area contributed by atoms with Crippen molar-refractivity contribution in [2.24, 2.45) is 0 Å². The fourth-order valence-electron chi connectivity index (χ4n) is 3.89. The van der Waals surface area contributed by atoms with Crippen molar-refractivity contribution in [2.75, 3.05) is 31.1 Å². The van der Waals surface area contributed by atoms with Gasteiger partial charge in [0.2, 0.25) is 11.8 Å². The molecule has 8 heteroatoms. The number of aryl methyl sites for hydroxylation is 3. The summed E-state index contributed by atoms with van der Waals surface area (Å²) < 4.78 is 21.3. The molecule has 3 aromatic rings. The molecule has 0 saturated carbocycles. The van der Waals surface area contributed by atoms with E-state index in [1.807, 2.05) is 33.6 Å². The van der Waals surface area contributed by atoms with Gasteiger partial charge in [-0.05, 0) is 48.2 Å². The number of hydrogen-bond acceptors (Lipinski definition) is 5. The highest BCUT2D eigenvalue weighted by Gasteiger charge is 2.24. The Balaban J connectivity index is 1.41. The lowest BCUT2D eigenvalue weighted by molar-refractivity contribution is -0.132. The maximum Gasteiger partial charge on any atom is 0.318 e. The SMILES string of the molecule is CCc1nnc(N2CCN(C(=O)Cn3cc(-c4ccc(F)c(C)c4)cc3CC)CC2)o1. The van der Waals surface area contributed by atoms with Crippen LogP contribution in [0.25, 0.3) is 11.1 Å². The van der Waals surface area contributed by atoms with Gasteiger partial charge in [-0.15, -0.1) is 5.10 Å². The van der Waals surface area contributed by atoms with Gasteiger partial charge in [-0.1, -0.05) is 25.0 Å². The van der Waals surface area contributed by atoms with Gasteiger partial charge in [-0.25, -0.2) is 4.39 Å². The summed E-state index contributed by atoms with van der Waals surface area (Å²) in [7, 11) is 0. The maximum absolute atomic E-state index is 13.6. The van der Waals surface area contributed by atoms with Crippen molar-refractivity contribution >= 4 is 11.9 Å². The molecule has 3 heterocycles. The van der Waals surface area contributed by atoms with Gasteiger partial charge in [0.1, 0.15) is 12.4 Å². The Morgan fingerprint density at radius 3 is 2.48 bits per heavy atom. The van der Waals surface area contributed by atoms with Crippen LogP contribution in [-0.2, 0) is 24.2 Å². The Bertz CT molecular complexity index is 1070. The molecule has 0 atom stereocenters. The number of carbonyl (C=O) groups excluding carboxylic acids is 1. The van der Waals surface area contributed by atoms with E-state index < -0.39 is 0 Å². The van der Waals surface area contributed by atoms with Crippen molar-refractivity contribution in [3.05, 3.63) is 53.4 Å². The molecule has 4 rings (SSSR count). The van der Waals surface area contributed by atoms with Crippen LogP contribution in [0.4, 0.5) is 10.4 Å². The quantitative estimate of drug-likeness (QED) is 0.605. The molecule has 7 nitrogen and oxygen atoms in total. The third-order valence-electron chi connectivity index (χ3n) is 5.81. The first-order valence-corrected chi connectivity index (χ1v) is 10.8. The van der Waals surface area contributed by atoms with Crippen LogP contribution in [0.5, 0.6) is 0 Å². The van der Waals surface area contributed by atoms with Crippen LogP contribution in [0.3, 0.4) is 0 Å². The Hall–Kier alpha value is -3.16. The van der Waals surface area contributed by atoms with Gasteiger partial charge in [0, 0.05) is 44.5 Å². The number of anilines is 1. The summed E-state index contributed by atoms with van der Waals surface area (Å²) in [5.41, 5.74) is 3.66. The summed E-state index contributed by atoms with van der Waals surface area (Å²) in [5.74, 6) is 0.506. The molecular formula is C23H28FN5O2. The van der Waals surface area contributed by atoms with Crippen LogP contribution in [0.1, 0.15) is 31.0 Å². The monoisotopic (exact) mass is 425 g/mol. The fourth-order valence-corrected chi connectivity index (χ4v) is 3.89. The van der Waals surface area contributed by atoms with Crippen LogP contribution in [0.15, 0.2) is 34.9 Å². The summed E-state index contributed by atoms with van der Waals surface area (Å²) in [4.78, 5) is 16.9. The predicted octanol–water partition coefficient (Wildman–Crippen LogP) is 3.46. The number of piperazine rings is 1. The molecule has 2 aromatic heterocycles. The summed E-state index contributed by atoms with van der Waals surface area (Å²) in [5, 5.41) is 8.11. The summed E-state index contributed by atoms with van der Waals surface area (Å²) in [6.07, 6.45) is 3.52. The number of rotatable bonds is 6. The second-order valence-electron chi connectivity index (χ2n) is 7.87. The van der Waals surface area contributed by atoms with Crippen LogP contribution in [-0.4, -0.2) is 51.8 Å². The van der Waals surface area contributed by atoms with Crippen LogP contribution in [0, 0.1) is 12.7 Å². The van der Waals surface area contributed by atoms with Crippen molar-refractivity contribution in [2.45, 2.75) is 40.2 Å². The van der Waals surface area contributed by atoms with Gasteiger partial charge >= 0.3 is 6.01 Å². The van der Waals surface area contributed by atoms with E-state index in [0.29, 0.717) is 56.6 Å². The molecule has 0 bridgehead atoms. The number of benzene rings is 1. The van der Waals surface area contributed by atoms with Gasteiger partial charge in [-0.2, -0.15) is 0 Å². The zero-order valence-electron chi connectivity index (χ0n) is 18.3. The number of aromatic nitrogens is 3. The van der Waals surface area contributed by atoms with Gasteiger partial charge in [0.25, 0.3) is 0 Å². The highest BCUT2D eigenvalue weighted by Crippen LogP contribution is 2.25. The number of hydrogen-bond donors (Lipinski definition) is 0. The van der Waals surface area contributed by atoms with Crippen molar-refractivity contribution in [3.63, 3.8) is 0 Å². The molecule has 1 amide bonds. The molecule has 31 heavy (non-hydrogen) atoms. The third kappa shape index (κ3) is 4.47. The first-order valence-electron chi connectivity index (χ1n) is 10.8. The standard InChI is InChI=1S/C23H28FN5O2/c1-4-19-13-18(17-6-7-20(24)16(3)12-17)14-29(19)15-22(30)27-8-10-28(11-9-27)23-26-25-21(5-2)31-23/h6-7,12-14H,4-5,8-11,15H2,1-3H3. The van der Waals surface area contributed by atoms with Gasteiger partial charge in [-0.3, -0.25) is 4.79 Å². The Morgan fingerprint density at radius 2 is 1.84 bits per heavy atom. The van der Waals surface area contributed by atoms with E-state index in [-0.39, 0.29) is 11.7 Å². The largest absolute Gasteiger partial charge is 0.408 e. The second kappa shape index (κ2) is 8.91. The molecule has 1 fully saturated rings. The summed E-state index contributed by atoms with van der Waals surface area (Å²) in [6, 6.07) is 7.73. The normalized spacial score (nSPS) is 14.3. The van der Waals surface area contributed by atoms with E-state index in [1.165, 1.54) is 6.07 Å². The molecule has 0 N–H and O–H groups in total. The molecule has 0 unspecified atom stereocenters. The zero-order valence-corrected chi connectivity index (χ0v) is 18.3. The first-order chi connectivity index (χ1) is 15.0. The van der Waals surface area contributed by atoms with Gasteiger partial charge in [0.15, 0.2) is 0 Å². The minimum atomic E-state index is -0.209. The lowest BCUT2D eigenvalue weighted by atomic mass is 10.1. The number of nitrogens with zero attached hydrogens (tertiary/aromatic N) is 5. The van der Waals surface area contributed by atoms with E-state index in [2.05, 4.69) is 23.2 Å². The molecule has 164 valence electrons. The second-order valence-corrected chi connectivity index (χ2v) is 7.87. The fraction of sp³-hybridized carbons (Fsp3) is 0.435. The van der Waals surface area contributed by atoms with E-state index in [0.717, 1.165) is 23.2 Å². The molecule has 0 aliphatic carbocycles. The molecular weight excluding hydrogens is 397 g/mol. The average molecular weight is 426 g/mol. The van der Waals surface area contributed by atoms with Crippen LogP contribution in [0.2, 0.25) is 0 Å². The predicted molar refractivity (Wildman–Crippen MR) is 116 cm³/mol. The highest BCUT2D eigenvalue weighted by atomic mass is 19.1. The van der Waals surface area contributed by atoms with Crippen molar-refractivity contribution < 1.29 is 13.6 Å². The zero-order chi connectivity index (χ0) is 22.0. The average Bonchev–Trinajstić information content (AvgIpc) is 3.43. The van der Waals surface area contributed by atoms with E-state index >= 15 is 0 Å². The van der Waals surface area contributed by atoms with Gasteiger partial charge < -0.3 is 18.8 Å². The summed E-state index contributed by atoms with van der Waals surface area (Å²) in [6.45, 7) is 8.69. The van der Waals surface area contributed by atoms with Crippen molar-refractivity contribution in [1.82, 2.24) is 19.7 Å².